The minimum atomic E-state index is 0. The maximum Gasteiger partial charge on any atom is 0.193 e. The van der Waals surface area contributed by atoms with E-state index in [1.165, 1.54) is 5.56 Å². The number of ether oxygens (including phenoxy) is 1. The van der Waals surface area contributed by atoms with Crippen LogP contribution in [0.1, 0.15) is 56.3 Å². The standard InChI is InChI=1S/C21H32N6O.HI/c1-4-22-21(27-13-10-18(11-14-27)20-24-15-25-26-20)23-12-9-16(2)17-5-7-19(28-3)8-6-17;/h5-8,15-16,18H,4,9-14H2,1-3H3,(H,22,23)(H,24,25,26);1H. The summed E-state index contributed by atoms with van der Waals surface area (Å²) in [5, 5.41) is 10.4. The van der Waals surface area contributed by atoms with Gasteiger partial charge in [0, 0.05) is 32.1 Å². The van der Waals surface area contributed by atoms with E-state index in [9.17, 15) is 0 Å². The van der Waals surface area contributed by atoms with Crippen molar-refractivity contribution in [2.45, 2.75) is 44.9 Å². The molecule has 160 valence electrons. The van der Waals surface area contributed by atoms with Gasteiger partial charge in [-0.15, -0.1) is 24.0 Å². The molecule has 2 aromatic rings. The Morgan fingerprint density at radius 1 is 1.31 bits per heavy atom. The van der Waals surface area contributed by atoms with Crippen molar-refractivity contribution >= 4 is 29.9 Å². The van der Waals surface area contributed by atoms with Gasteiger partial charge in [-0.2, -0.15) is 5.10 Å². The summed E-state index contributed by atoms with van der Waals surface area (Å²) in [5.41, 5.74) is 1.33. The normalized spacial score (nSPS) is 16.2. The highest BCUT2D eigenvalue weighted by Gasteiger charge is 2.24. The molecule has 1 fully saturated rings. The number of aromatic amines is 1. The van der Waals surface area contributed by atoms with Gasteiger partial charge in [0.2, 0.25) is 0 Å². The number of H-pyrrole nitrogens is 1. The van der Waals surface area contributed by atoms with Gasteiger partial charge in [-0.25, -0.2) is 4.98 Å². The Bertz CT molecular complexity index is 726. The second-order valence-corrected chi connectivity index (χ2v) is 7.33. The Hall–Kier alpha value is -1.84. The average Bonchev–Trinajstić information content (AvgIpc) is 3.28. The van der Waals surface area contributed by atoms with Gasteiger partial charge in [-0.05, 0) is 49.8 Å². The molecule has 0 aliphatic carbocycles. The lowest BCUT2D eigenvalue weighted by atomic mass is 9.96. The zero-order chi connectivity index (χ0) is 19.8. The highest BCUT2D eigenvalue weighted by atomic mass is 127. The first-order chi connectivity index (χ1) is 13.7. The molecule has 1 unspecified atom stereocenters. The summed E-state index contributed by atoms with van der Waals surface area (Å²) in [6.45, 7) is 8.06. The molecule has 1 aromatic carbocycles. The molecule has 29 heavy (non-hydrogen) atoms. The van der Waals surface area contributed by atoms with Gasteiger partial charge in [0.25, 0.3) is 0 Å². The van der Waals surface area contributed by atoms with Crippen LogP contribution in [0.5, 0.6) is 5.75 Å². The lowest BCUT2D eigenvalue weighted by Crippen LogP contribution is -2.45. The van der Waals surface area contributed by atoms with Gasteiger partial charge in [0.05, 0.1) is 7.11 Å². The number of guanidine groups is 1. The molecule has 0 spiro atoms. The first kappa shape index (κ1) is 23.4. The quantitative estimate of drug-likeness (QED) is 0.336. The first-order valence-electron chi connectivity index (χ1n) is 10.2. The summed E-state index contributed by atoms with van der Waals surface area (Å²) in [4.78, 5) is 11.6. The number of halogens is 1. The Balaban J connectivity index is 0.00000300. The van der Waals surface area contributed by atoms with Gasteiger partial charge < -0.3 is 15.0 Å². The van der Waals surface area contributed by atoms with Crippen LogP contribution in [-0.2, 0) is 0 Å². The summed E-state index contributed by atoms with van der Waals surface area (Å²) < 4.78 is 5.24. The number of hydrogen-bond donors (Lipinski definition) is 2. The van der Waals surface area contributed by atoms with Crippen LogP contribution in [0, 0.1) is 0 Å². The fourth-order valence-corrected chi connectivity index (χ4v) is 3.67. The number of nitrogens with one attached hydrogen (secondary N) is 2. The third-order valence-electron chi connectivity index (χ3n) is 5.46. The van der Waals surface area contributed by atoms with E-state index < -0.39 is 0 Å². The maximum atomic E-state index is 5.24. The summed E-state index contributed by atoms with van der Waals surface area (Å²) in [7, 11) is 1.70. The molecule has 1 aliphatic rings. The molecule has 2 heterocycles. The number of methoxy groups -OCH3 is 1. The molecule has 3 rings (SSSR count). The molecule has 0 amide bonds. The van der Waals surface area contributed by atoms with E-state index in [0.29, 0.717) is 11.8 Å². The Labute approximate surface area is 190 Å². The molecular weight excluding hydrogens is 479 g/mol. The van der Waals surface area contributed by atoms with Crippen molar-refractivity contribution < 1.29 is 4.74 Å². The molecule has 1 aromatic heterocycles. The third kappa shape index (κ3) is 6.58. The Morgan fingerprint density at radius 3 is 2.62 bits per heavy atom. The third-order valence-corrected chi connectivity index (χ3v) is 5.46. The van der Waals surface area contributed by atoms with Crippen molar-refractivity contribution in [1.82, 2.24) is 25.4 Å². The monoisotopic (exact) mass is 512 g/mol. The van der Waals surface area contributed by atoms with E-state index in [-0.39, 0.29) is 24.0 Å². The van der Waals surface area contributed by atoms with Crippen molar-refractivity contribution in [3.05, 3.63) is 42.0 Å². The number of likely N-dealkylation sites (tertiary alicyclic amines) is 1. The van der Waals surface area contributed by atoms with Crippen LogP contribution in [0.2, 0.25) is 0 Å². The number of aromatic nitrogens is 3. The van der Waals surface area contributed by atoms with Gasteiger partial charge in [-0.3, -0.25) is 10.1 Å². The van der Waals surface area contributed by atoms with Gasteiger partial charge >= 0.3 is 0 Å². The molecule has 2 N–H and O–H groups in total. The number of rotatable bonds is 7. The highest BCUT2D eigenvalue weighted by molar-refractivity contribution is 14.0. The predicted octanol–water partition coefficient (Wildman–Crippen LogP) is 3.77. The van der Waals surface area contributed by atoms with Crippen LogP contribution in [-0.4, -0.2) is 59.3 Å². The lowest BCUT2D eigenvalue weighted by Gasteiger charge is -2.33. The second kappa shape index (κ2) is 12.0. The molecule has 1 aliphatic heterocycles. The molecular formula is C21H33IN6O. The maximum absolute atomic E-state index is 5.24. The van der Waals surface area contributed by atoms with E-state index >= 15 is 0 Å². The highest BCUT2D eigenvalue weighted by Crippen LogP contribution is 2.25. The Morgan fingerprint density at radius 2 is 2.03 bits per heavy atom. The molecule has 1 atom stereocenters. The largest absolute Gasteiger partial charge is 0.497 e. The van der Waals surface area contributed by atoms with Crippen LogP contribution in [0.4, 0.5) is 0 Å². The van der Waals surface area contributed by atoms with Crippen LogP contribution >= 0.6 is 24.0 Å². The SMILES string of the molecule is CCNC(=NCCC(C)c1ccc(OC)cc1)N1CCC(c2ncn[nH]2)CC1.I. The number of aliphatic imine (C=N–C) groups is 1. The van der Waals surface area contributed by atoms with Crippen molar-refractivity contribution in [1.29, 1.82) is 0 Å². The van der Waals surface area contributed by atoms with Crippen LogP contribution in [0.3, 0.4) is 0 Å². The molecule has 1 saturated heterocycles. The van der Waals surface area contributed by atoms with Crippen LogP contribution in [0.15, 0.2) is 35.6 Å². The zero-order valence-corrected chi connectivity index (χ0v) is 19.9. The molecule has 8 heteroatoms. The molecule has 7 nitrogen and oxygen atoms in total. The second-order valence-electron chi connectivity index (χ2n) is 7.33. The number of hydrogen-bond acceptors (Lipinski definition) is 4. The van der Waals surface area contributed by atoms with E-state index in [0.717, 1.165) is 63.0 Å². The fourth-order valence-electron chi connectivity index (χ4n) is 3.67. The zero-order valence-electron chi connectivity index (χ0n) is 17.6. The topological polar surface area (TPSA) is 78.4 Å². The Kier molecular flexibility index (Phi) is 9.69. The molecule has 0 saturated carbocycles. The van der Waals surface area contributed by atoms with Crippen molar-refractivity contribution in [2.75, 3.05) is 33.3 Å². The average molecular weight is 512 g/mol. The van der Waals surface area contributed by atoms with Gasteiger partial charge in [0.15, 0.2) is 5.96 Å². The number of benzene rings is 1. The van der Waals surface area contributed by atoms with Crippen LogP contribution in [0.25, 0.3) is 0 Å². The molecule has 0 bridgehead atoms. The molecule has 0 radical (unpaired) electrons. The lowest BCUT2D eigenvalue weighted by molar-refractivity contribution is 0.299. The summed E-state index contributed by atoms with van der Waals surface area (Å²) in [6.07, 6.45) is 4.76. The van der Waals surface area contributed by atoms with E-state index in [1.807, 2.05) is 12.1 Å². The minimum Gasteiger partial charge on any atom is -0.497 e. The van der Waals surface area contributed by atoms with Crippen LogP contribution < -0.4 is 10.1 Å². The van der Waals surface area contributed by atoms with Gasteiger partial charge in [0.1, 0.15) is 17.9 Å². The summed E-state index contributed by atoms with van der Waals surface area (Å²) in [6, 6.07) is 8.34. The first-order valence-corrected chi connectivity index (χ1v) is 10.2. The fraction of sp³-hybridized carbons (Fsp3) is 0.571. The smallest absolute Gasteiger partial charge is 0.193 e. The van der Waals surface area contributed by atoms with E-state index in [1.54, 1.807) is 13.4 Å². The summed E-state index contributed by atoms with van der Waals surface area (Å²) >= 11 is 0. The van der Waals surface area contributed by atoms with E-state index in [4.69, 9.17) is 9.73 Å². The summed E-state index contributed by atoms with van der Waals surface area (Å²) in [5.74, 6) is 3.87. The van der Waals surface area contributed by atoms with Gasteiger partial charge in [-0.1, -0.05) is 19.1 Å². The van der Waals surface area contributed by atoms with Crippen molar-refractivity contribution in [3.63, 3.8) is 0 Å². The van der Waals surface area contributed by atoms with E-state index in [2.05, 4.69) is 51.4 Å². The predicted molar refractivity (Wildman–Crippen MR) is 127 cm³/mol. The number of piperidine rings is 1. The number of nitrogens with zero attached hydrogens (tertiary/aromatic N) is 4. The van der Waals surface area contributed by atoms with Crippen molar-refractivity contribution in [3.8, 4) is 5.75 Å². The van der Waals surface area contributed by atoms with Crippen molar-refractivity contribution in [2.24, 2.45) is 4.99 Å². The minimum absolute atomic E-state index is 0.